The van der Waals surface area contributed by atoms with E-state index in [-0.39, 0.29) is 22.3 Å². The number of pyridine rings is 1. The summed E-state index contributed by atoms with van der Waals surface area (Å²) in [6.07, 6.45) is 1.49. The molecule has 0 atom stereocenters. The molecule has 1 aromatic carbocycles. The Labute approximate surface area is 116 Å². The summed E-state index contributed by atoms with van der Waals surface area (Å²) in [4.78, 5) is 3.98. The van der Waals surface area contributed by atoms with Crippen molar-refractivity contribution in [1.82, 2.24) is 4.98 Å². The Morgan fingerprint density at radius 2 is 1.95 bits per heavy atom. The summed E-state index contributed by atoms with van der Waals surface area (Å²) in [5, 5.41) is 0.153. The molecule has 0 bridgehead atoms. The highest BCUT2D eigenvalue weighted by atomic mass is 35.5. The largest absolute Gasteiger partial charge is 0.326 e. The van der Waals surface area contributed by atoms with E-state index in [1.807, 2.05) is 0 Å². The summed E-state index contributed by atoms with van der Waals surface area (Å²) in [5.41, 5.74) is 6.15. The highest BCUT2D eigenvalue weighted by molar-refractivity contribution is 7.92. The molecule has 100 valence electrons. The number of sulfonamides is 1. The van der Waals surface area contributed by atoms with E-state index in [2.05, 4.69) is 9.71 Å². The Kier molecular flexibility index (Phi) is 4.04. The maximum Gasteiger partial charge on any atom is 0.264 e. The van der Waals surface area contributed by atoms with Gasteiger partial charge in [-0.2, -0.15) is 0 Å². The number of aromatic nitrogens is 1. The van der Waals surface area contributed by atoms with Crippen LogP contribution in [0.4, 0.5) is 5.82 Å². The summed E-state index contributed by atoms with van der Waals surface area (Å²) in [6, 6.07) is 9.59. The van der Waals surface area contributed by atoms with Crippen molar-refractivity contribution in [2.45, 2.75) is 11.4 Å². The van der Waals surface area contributed by atoms with Gasteiger partial charge in [-0.25, -0.2) is 13.4 Å². The van der Waals surface area contributed by atoms with Gasteiger partial charge in [-0.1, -0.05) is 29.8 Å². The topological polar surface area (TPSA) is 85.1 Å². The van der Waals surface area contributed by atoms with Crippen molar-refractivity contribution < 1.29 is 8.42 Å². The molecular weight excluding hydrogens is 286 g/mol. The molecule has 0 fully saturated rings. The second-order valence-corrected chi connectivity index (χ2v) is 5.81. The highest BCUT2D eigenvalue weighted by Crippen LogP contribution is 2.23. The Hall–Kier alpha value is -1.63. The lowest BCUT2D eigenvalue weighted by Gasteiger charge is -2.11. The van der Waals surface area contributed by atoms with Crippen molar-refractivity contribution in [2.75, 3.05) is 4.72 Å². The van der Waals surface area contributed by atoms with Crippen LogP contribution >= 0.6 is 11.6 Å². The second kappa shape index (κ2) is 5.56. The predicted octanol–water partition coefficient (Wildman–Crippen LogP) is 1.99. The number of hydrogen-bond acceptors (Lipinski definition) is 4. The molecule has 1 heterocycles. The van der Waals surface area contributed by atoms with Crippen LogP contribution in [0.2, 0.25) is 5.02 Å². The van der Waals surface area contributed by atoms with Crippen LogP contribution in [0.5, 0.6) is 0 Å². The molecule has 1 aromatic heterocycles. The lowest BCUT2D eigenvalue weighted by atomic mass is 10.3. The Morgan fingerprint density at radius 3 is 2.63 bits per heavy atom. The molecule has 0 radical (unpaired) electrons. The minimum atomic E-state index is -3.78. The minimum Gasteiger partial charge on any atom is -0.326 e. The van der Waals surface area contributed by atoms with Gasteiger partial charge in [0, 0.05) is 18.3 Å². The second-order valence-electron chi connectivity index (χ2n) is 3.75. The smallest absolute Gasteiger partial charge is 0.264 e. The number of rotatable bonds is 4. The Balaban J connectivity index is 2.40. The molecule has 0 aliphatic carbocycles. The van der Waals surface area contributed by atoms with Crippen molar-refractivity contribution in [2.24, 2.45) is 5.73 Å². The normalized spacial score (nSPS) is 11.3. The molecular formula is C12H12ClN3O2S. The van der Waals surface area contributed by atoms with Crippen LogP contribution in [0.1, 0.15) is 5.56 Å². The molecule has 0 saturated heterocycles. The molecule has 0 unspecified atom stereocenters. The molecule has 0 amide bonds. The van der Waals surface area contributed by atoms with Gasteiger partial charge in [0.25, 0.3) is 10.0 Å². The number of anilines is 1. The molecule has 3 N–H and O–H groups in total. The van der Waals surface area contributed by atoms with E-state index in [1.54, 1.807) is 24.3 Å². The fourth-order valence-corrected chi connectivity index (χ4v) is 3.11. The molecule has 0 spiro atoms. The summed E-state index contributed by atoms with van der Waals surface area (Å²) < 4.78 is 26.8. The van der Waals surface area contributed by atoms with Gasteiger partial charge in [0.2, 0.25) is 0 Å². The number of benzene rings is 1. The van der Waals surface area contributed by atoms with Crippen LogP contribution in [0.15, 0.2) is 47.5 Å². The van der Waals surface area contributed by atoms with E-state index in [4.69, 9.17) is 17.3 Å². The number of nitrogens with two attached hydrogens (primary N) is 1. The van der Waals surface area contributed by atoms with E-state index in [0.717, 1.165) is 0 Å². The van der Waals surface area contributed by atoms with Gasteiger partial charge in [-0.15, -0.1) is 0 Å². The highest BCUT2D eigenvalue weighted by Gasteiger charge is 2.19. The zero-order chi connectivity index (χ0) is 13.9. The fraction of sp³-hybridized carbons (Fsp3) is 0.0833. The molecule has 0 aliphatic heterocycles. The van der Waals surface area contributed by atoms with Crippen LogP contribution in [0.25, 0.3) is 0 Å². The van der Waals surface area contributed by atoms with Gasteiger partial charge in [0.15, 0.2) is 0 Å². The molecule has 0 saturated carbocycles. The first-order valence-electron chi connectivity index (χ1n) is 5.46. The predicted molar refractivity (Wildman–Crippen MR) is 74.4 cm³/mol. The summed E-state index contributed by atoms with van der Waals surface area (Å²) in [7, 11) is -3.78. The van der Waals surface area contributed by atoms with E-state index >= 15 is 0 Å². The number of halogens is 1. The zero-order valence-corrected chi connectivity index (χ0v) is 11.4. The van der Waals surface area contributed by atoms with Gasteiger partial charge in [0.05, 0.1) is 5.02 Å². The summed E-state index contributed by atoms with van der Waals surface area (Å²) >= 11 is 5.88. The van der Waals surface area contributed by atoms with Crippen molar-refractivity contribution in [3.63, 3.8) is 0 Å². The first-order chi connectivity index (χ1) is 9.04. The van der Waals surface area contributed by atoms with Crippen molar-refractivity contribution in [3.8, 4) is 0 Å². The number of nitrogens with one attached hydrogen (secondary N) is 1. The lowest BCUT2D eigenvalue weighted by Crippen LogP contribution is -2.16. The average molecular weight is 298 g/mol. The molecule has 0 aliphatic rings. The Bertz CT molecular complexity index is 689. The summed E-state index contributed by atoms with van der Waals surface area (Å²) in [6.45, 7) is 0.189. The molecule has 2 aromatic rings. The number of hydrogen-bond donors (Lipinski definition) is 2. The van der Waals surface area contributed by atoms with E-state index in [1.165, 1.54) is 18.3 Å². The molecule has 7 heteroatoms. The SMILES string of the molecule is NCc1cccnc1NS(=O)(=O)c1ccccc1Cl. The van der Waals surface area contributed by atoms with E-state index < -0.39 is 10.0 Å². The molecule has 19 heavy (non-hydrogen) atoms. The summed E-state index contributed by atoms with van der Waals surface area (Å²) in [5.74, 6) is 0.213. The van der Waals surface area contributed by atoms with Crippen molar-refractivity contribution >= 4 is 27.4 Å². The van der Waals surface area contributed by atoms with Crippen LogP contribution in [0.3, 0.4) is 0 Å². The monoisotopic (exact) mass is 297 g/mol. The average Bonchev–Trinajstić information content (AvgIpc) is 2.39. The zero-order valence-electron chi connectivity index (χ0n) is 9.88. The fourth-order valence-electron chi connectivity index (χ4n) is 1.54. The quantitative estimate of drug-likeness (QED) is 0.904. The van der Waals surface area contributed by atoms with Gasteiger partial charge in [-0.05, 0) is 18.2 Å². The maximum absolute atomic E-state index is 12.2. The molecule has 5 nitrogen and oxygen atoms in total. The number of nitrogens with zero attached hydrogens (tertiary/aromatic N) is 1. The maximum atomic E-state index is 12.2. The lowest BCUT2D eigenvalue weighted by molar-refractivity contribution is 0.601. The van der Waals surface area contributed by atoms with Gasteiger partial charge in [0.1, 0.15) is 10.7 Å². The minimum absolute atomic E-state index is 0.00490. The van der Waals surface area contributed by atoms with Gasteiger partial charge >= 0.3 is 0 Å². The molecule has 2 rings (SSSR count). The third-order valence-corrected chi connectivity index (χ3v) is 4.31. The standard InChI is InChI=1S/C12H12ClN3O2S/c13-10-5-1-2-6-11(10)19(17,18)16-12-9(8-14)4-3-7-15-12/h1-7H,8,14H2,(H,15,16). The van der Waals surface area contributed by atoms with Crippen LogP contribution in [-0.4, -0.2) is 13.4 Å². The third kappa shape index (κ3) is 3.04. The van der Waals surface area contributed by atoms with Crippen LogP contribution in [0, 0.1) is 0 Å². The van der Waals surface area contributed by atoms with Crippen LogP contribution < -0.4 is 10.5 Å². The van der Waals surface area contributed by atoms with E-state index in [0.29, 0.717) is 5.56 Å². The first-order valence-corrected chi connectivity index (χ1v) is 7.32. The van der Waals surface area contributed by atoms with Crippen molar-refractivity contribution in [1.29, 1.82) is 0 Å². The van der Waals surface area contributed by atoms with Gasteiger partial charge in [-0.3, -0.25) is 4.72 Å². The Morgan fingerprint density at radius 1 is 1.21 bits per heavy atom. The van der Waals surface area contributed by atoms with E-state index in [9.17, 15) is 8.42 Å². The van der Waals surface area contributed by atoms with Crippen molar-refractivity contribution in [3.05, 3.63) is 53.2 Å². The third-order valence-electron chi connectivity index (χ3n) is 2.47. The van der Waals surface area contributed by atoms with Crippen LogP contribution in [-0.2, 0) is 16.6 Å². The van der Waals surface area contributed by atoms with Gasteiger partial charge < -0.3 is 5.73 Å². The first kappa shape index (κ1) is 13.8.